The molecule has 2 aromatic rings. The van der Waals surface area contributed by atoms with Crippen LogP contribution in [0.25, 0.3) is 0 Å². The molecule has 94 valence electrons. The van der Waals surface area contributed by atoms with Gasteiger partial charge in [-0.15, -0.1) is 11.3 Å². The first kappa shape index (κ1) is 13.2. The van der Waals surface area contributed by atoms with Crippen LogP contribution in [0.2, 0.25) is 0 Å². The fourth-order valence-corrected chi connectivity index (χ4v) is 3.33. The standard InChI is InChI=1S/C13H13BrN2OS/c1-2-11-10(14)7-12(18-11)13(17)16-8-9-5-3-4-6-15-9/h3-7H,2,8H2,1H3,(H,16,17). The van der Waals surface area contributed by atoms with E-state index in [1.807, 2.05) is 24.3 Å². The predicted octanol–water partition coefficient (Wildman–Crippen LogP) is 3.40. The zero-order chi connectivity index (χ0) is 13.0. The molecule has 2 aromatic heterocycles. The Labute approximate surface area is 118 Å². The molecule has 0 saturated heterocycles. The van der Waals surface area contributed by atoms with Gasteiger partial charge in [-0.25, -0.2) is 0 Å². The molecule has 0 fully saturated rings. The highest BCUT2D eigenvalue weighted by molar-refractivity contribution is 9.10. The van der Waals surface area contributed by atoms with Crippen molar-refractivity contribution in [2.45, 2.75) is 19.9 Å². The van der Waals surface area contributed by atoms with E-state index in [2.05, 4.69) is 33.2 Å². The fourth-order valence-electron chi connectivity index (χ4n) is 1.52. The zero-order valence-electron chi connectivity index (χ0n) is 9.94. The van der Waals surface area contributed by atoms with E-state index in [0.717, 1.165) is 21.5 Å². The number of thiophene rings is 1. The maximum atomic E-state index is 12.0. The molecule has 18 heavy (non-hydrogen) atoms. The van der Waals surface area contributed by atoms with E-state index in [0.29, 0.717) is 6.54 Å². The molecular formula is C13H13BrN2OS. The summed E-state index contributed by atoms with van der Waals surface area (Å²) in [5.74, 6) is -0.0500. The SMILES string of the molecule is CCc1sc(C(=O)NCc2ccccn2)cc1Br. The summed E-state index contributed by atoms with van der Waals surface area (Å²) in [5, 5.41) is 2.87. The second kappa shape index (κ2) is 6.11. The molecule has 0 aliphatic heterocycles. The molecule has 0 aromatic carbocycles. The van der Waals surface area contributed by atoms with Crippen LogP contribution in [0, 0.1) is 0 Å². The summed E-state index contributed by atoms with van der Waals surface area (Å²) in [6.45, 7) is 2.53. The molecule has 0 aliphatic carbocycles. The van der Waals surface area contributed by atoms with Gasteiger partial charge in [0.15, 0.2) is 0 Å². The Balaban J connectivity index is 1.99. The zero-order valence-corrected chi connectivity index (χ0v) is 12.3. The van der Waals surface area contributed by atoms with Gasteiger partial charge in [0.1, 0.15) is 0 Å². The fraction of sp³-hybridized carbons (Fsp3) is 0.231. The first-order valence-electron chi connectivity index (χ1n) is 5.67. The van der Waals surface area contributed by atoms with Crippen LogP contribution in [0.1, 0.15) is 27.2 Å². The molecule has 0 bridgehead atoms. The Kier molecular flexibility index (Phi) is 4.49. The average Bonchev–Trinajstić information content (AvgIpc) is 2.78. The Bertz CT molecular complexity index is 539. The van der Waals surface area contributed by atoms with Crippen molar-refractivity contribution < 1.29 is 4.79 Å². The molecule has 2 heterocycles. The number of pyridine rings is 1. The highest BCUT2D eigenvalue weighted by Crippen LogP contribution is 2.27. The molecule has 1 amide bonds. The quantitative estimate of drug-likeness (QED) is 0.936. The van der Waals surface area contributed by atoms with Crippen LogP contribution in [0.3, 0.4) is 0 Å². The summed E-state index contributed by atoms with van der Waals surface area (Å²) in [7, 11) is 0. The lowest BCUT2D eigenvalue weighted by molar-refractivity contribution is 0.0954. The molecule has 0 atom stereocenters. The van der Waals surface area contributed by atoms with E-state index in [4.69, 9.17) is 0 Å². The van der Waals surface area contributed by atoms with E-state index in [1.165, 1.54) is 16.2 Å². The van der Waals surface area contributed by atoms with Crippen molar-refractivity contribution in [3.8, 4) is 0 Å². The summed E-state index contributed by atoms with van der Waals surface area (Å²) in [5.41, 5.74) is 0.859. The lowest BCUT2D eigenvalue weighted by Crippen LogP contribution is -2.22. The number of rotatable bonds is 4. The molecular weight excluding hydrogens is 312 g/mol. The highest BCUT2D eigenvalue weighted by Gasteiger charge is 2.12. The molecule has 0 spiro atoms. The number of aromatic nitrogens is 1. The second-order valence-corrected chi connectivity index (χ2v) is 5.73. The molecule has 0 unspecified atom stereocenters. The summed E-state index contributed by atoms with van der Waals surface area (Å²) >= 11 is 4.98. The third kappa shape index (κ3) is 3.17. The van der Waals surface area contributed by atoms with Crippen molar-refractivity contribution >= 4 is 33.2 Å². The Hall–Kier alpha value is -1.20. The Morgan fingerprint density at radius 3 is 2.94 bits per heavy atom. The van der Waals surface area contributed by atoms with Crippen LogP contribution < -0.4 is 5.32 Å². The summed E-state index contributed by atoms with van der Waals surface area (Å²) in [6.07, 6.45) is 2.65. The smallest absolute Gasteiger partial charge is 0.261 e. The van der Waals surface area contributed by atoms with Crippen LogP contribution >= 0.6 is 27.3 Å². The predicted molar refractivity (Wildman–Crippen MR) is 76.8 cm³/mol. The Morgan fingerprint density at radius 2 is 2.33 bits per heavy atom. The van der Waals surface area contributed by atoms with Crippen LogP contribution in [0.5, 0.6) is 0 Å². The number of halogens is 1. The van der Waals surface area contributed by atoms with E-state index in [-0.39, 0.29) is 5.91 Å². The Morgan fingerprint density at radius 1 is 1.50 bits per heavy atom. The summed E-state index contributed by atoms with van der Waals surface area (Å²) in [6, 6.07) is 7.53. The van der Waals surface area contributed by atoms with Gasteiger partial charge in [0, 0.05) is 15.5 Å². The molecule has 5 heteroatoms. The number of carbonyl (C=O) groups excluding carboxylic acids is 1. The first-order valence-corrected chi connectivity index (χ1v) is 7.28. The van der Waals surface area contributed by atoms with Gasteiger partial charge < -0.3 is 5.32 Å². The van der Waals surface area contributed by atoms with Crippen LogP contribution in [0.15, 0.2) is 34.9 Å². The molecule has 1 N–H and O–H groups in total. The normalized spacial score (nSPS) is 10.3. The monoisotopic (exact) mass is 324 g/mol. The van der Waals surface area contributed by atoms with E-state index < -0.39 is 0 Å². The minimum absolute atomic E-state index is 0.0500. The summed E-state index contributed by atoms with van der Waals surface area (Å²) in [4.78, 5) is 18.0. The topological polar surface area (TPSA) is 42.0 Å². The van der Waals surface area contributed by atoms with Crippen molar-refractivity contribution in [1.82, 2.24) is 10.3 Å². The van der Waals surface area contributed by atoms with Crippen LogP contribution in [-0.2, 0) is 13.0 Å². The number of carbonyl (C=O) groups is 1. The average molecular weight is 325 g/mol. The van der Waals surface area contributed by atoms with Crippen molar-refractivity contribution in [3.63, 3.8) is 0 Å². The number of hydrogen-bond donors (Lipinski definition) is 1. The molecule has 0 aliphatic rings. The van der Waals surface area contributed by atoms with Gasteiger partial charge in [0.05, 0.1) is 17.1 Å². The number of nitrogens with one attached hydrogen (secondary N) is 1. The van der Waals surface area contributed by atoms with Gasteiger partial charge in [0.25, 0.3) is 5.91 Å². The largest absolute Gasteiger partial charge is 0.346 e. The third-order valence-corrected chi connectivity index (χ3v) is 4.71. The van der Waals surface area contributed by atoms with E-state index in [1.54, 1.807) is 6.20 Å². The third-order valence-electron chi connectivity index (χ3n) is 2.46. The maximum absolute atomic E-state index is 12.0. The minimum Gasteiger partial charge on any atom is -0.346 e. The minimum atomic E-state index is -0.0500. The van der Waals surface area contributed by atoms with Gasteiger partial charge in [0.2, 0.25) is 0 Å². The summed E-state index contributed by atoms with van der Waals surface area (Å²) < 4.78 is 1.01. The number of hydrogen-bond acceptors (Lipinski definition) is 3. The van der Waals surface area contributed by atoms with Crippen molar-refractivity contribution in [1.29, 1.82) is 0 Å². The highest BCUT2D eigenvalue weighted by atomic mass is 79.9. The van der Waals surface area contributed by atoms with Gasteiger partial charge in [-0.05, 0) is 40.5 Å². The van der Waals surface area contributed by atoms with Gasteiger partial charge in [-0.2, -0.15) is 0 Å². The van der Waals surface area contributed by atoms with Crippen molar-refractivity contribution in [2.24, 2.45) is 0 Å². The maximum Gasteiger partial charge on any atom is 0.261 e. The number of amides is 1. The van der Waals surface area contributed by atoms with Crippen LogP contribution in [-0.4, -0.2) is 10.9 Å². The van der Waals surface area contributed by atoms with E-state index in [9.17, 15) is 4.79 Å². The number of aryl methyl sites for hydroxylation is 1. The lowest BCUT2D eigenvalue weighted by atomic mass is 10.3. The molecule has 3 nitrogen and oxygen atoms in total. The number of nitrogens with zero attached hydrogens (tertiary/aromatic N) is 1. The van der Waals surface area contributed by atoms with Crippen molar-refractivity contribution in [3.05, 3.63) is 50.4 Å². The van der Waals surface area contributed by atoms with Gasteiger partial charge in [-0.3, -0.25) is 9.78 Å². The van der Waals surface area contributed by atoms with Gasteiger partial charge in [-0.1, -0.05) is 13.0 Å². The molecule has 0 saturated carbocycles. The van der Waals surface area contributed by atoms with E-state index >= 15 is 0 Å². The van der Waals surface area contributed by atoms with Gasteiger partial charge >= 0.3 is 0 Å². The molecule has 2 rings (SSSR count). The molecule has 0 radical (unpaired) electrons. The van der Waals surface area contributed by atoms with Crippen LogP contribution in [0.4, 0.5) is 0 Å². The van der Waals surface area contributed by atoms with Crippen molar-refractivity contribution in [2.75, 3.05) is 0 Å². The second-order valence-electron chi connectivity index (χ2n) is 3.74. The first-order chi connectivity index (χ1) is 8.70. The lowest BCUT2D eigenvalue weighted by Gasteiger charge is -2.02.